The van der Waals surface area contributed by atoms with Crippen LogP contribution in [0.25, 0.3) is 0 Å². The van der Waals surface area contributed by atoms with Crippen LogP contribution in [-0.4, -0.2) is 36.8 Å². The summed E-state index contributed by atoms with van der Waals surface area (Å²) in [5.74, 6) is -0.944. The third kappa shape index (κ3) is 4.65. The lowest BCUT2D eigenvalue weighted by Gasteiger charge is -2.36. The molecule has 2 fully saturated rings. The highest BCUT2D eigenvalue weighted by atomic mass is 32.2. The molecule has 0 aromatic heterocycles. The highest BCUT2D eigenvalue weighted by molar-refractivity contribution is 7.92. The summed E-state index contributed by atoms with van der Waals surface area (Å²) in [6.07, 6.45) is 0.801. The minimum absolute atomic E-state index is 0.368. The van der Waals surface area contributed by atoms with Gasteiger partial charge in [-0.2, -0.15) is 13.2 Å². The molecule has 1 aliphatic carbocycles. The molecule has 8 heteroatoms. The van der Waals surface area contributed by atoms with Gasteiger partial charge in [-0.1, -0.05) is 25.0 Å². The Morgan fingerprint density at radius 1 is 1.00 bits per heavy atom. The first-order valence-electron chi connectivity index (χ1n) is 9.37. The van der Waals surface area contributed by atoms with E-state index in [-0.39, 0.29) is 6.04 Å². The number of halogens is 3. The topological polar surface area (TPSA) is 54.5 Å². The summed E-state index contributed by atoms with van der Waals surface area (Å²) >= 11 is 0. The van der Waals surface area contributed by atoms with Gasteiger partial charge < -0.3 is 4.90 Å². The summed E-state index contributed by atoms with van der Waals surface area (Å²) < 4.78 is 63.3. The van der Waals surface area contributed by atoms with Crippen molar-refractivity contribution in [2.45, 2.75) is 62.4 Å². The fourth-order valence-corrected chi connectivity index (χ4v) is 5.89. The number of piperidine rings is 1. The number of carbonyl (C=O) groups excluding carboxylic acids is 1. The molecule has 150 valence electrons. The van der Waals surface area contributed by atoms with E-state index in [1.54, 1.807) is 4.90 Å². The number of hydrogen-bond acceptors (Lipinski definition) is 3. The molecule has 3 rings (SSSR count). The van der Waals surface area contributed by atoms with Gasteiger partial charge in [0, 0.05) is 6.54 Å². The molecule has 0 bridgehead atoms. The quantitative estimate of drug-likeness (QED) is 0.760. The fraction of sp³-hybridized carbons (Fsp3) is 0.632. The molecule has 1 saturated heterocycles. The molecule has 1 atom stereocenters. The SMILES string of the molecule is O=C(CS(=O)(=O)C1CCCC1)N1CCCCC1c1ccc(C(F)(F)F)cc1. The molecule has 1 saturated carbocycles. The zero-order valence-corrected chi connectivity index (χ0v) is 15.9. The first-order valence-corrected chi connectivity index (χ1v) is 11.1. The smallest absolute Gasteiger partial charge is 0.335 e. The number of amides is 1. The van der Waals surface area contributed by atoms with Gasteiger partial charge >= 0.3 is 6.18 Å². The van der Waals surface area contributed by atoms with E-state index in [0.29, 0.717) is 31.4 Å². The lowest BCUT2D eigenvalue weighted by atomic mass is 9.94. The average molecular weight is 403 g/mol. The van der Waals surface area contributed by atoms with Crippen molar-refractivity contribution in [1.82, 2.24) is 4.90 Å². The molecule has 4 nitrogen and oxygen atoms in total. The second-order valence-corrected chi connectivity index (χ2v) is 9.71. The van der Waals surface area contributed by atoms with Gasteiger partial charge in [0.2, 0.25) is 5.91 Å². The number of hydrogen-bond donors (Lipinski definition) is 0. The Kier molecular flexibility index (Phi) is 5.84. The minimum Gasteiger partial charge on any atom is -0.335 e. The van der Waals surface area contributed by atoms with Crippen molar-refractivity contribution in [3.8, 4) is 0 Å². The number of nitrogens with zero attached hydrogens (tertiary/aromatic N) is 1. The zero-order valence-electron chi connectivity index (χ0n) is 15.0. The Balaban J connectivity index is 1.76. The molecular weight excluding hydrogens is 379 g/mol. The summed E-state index contributed by atoms with van der Waals surface area (Å²) in [5.41, 5.74) is -0.113. The van der Waals surface area contributed by atoms with E-state index >= 15 is 0 Å². The van der Waals surface area contributed by atoms with E-state index < -0.39 is 38.5 Å². The van der Waals surface area contributed by atoms with Crippen LogP contribution in [0.2, 0.25) is 0 Å². The summed E-state index contributed by atoms with van der Waals surface area (Å²) in [7, 11) is -3.48. The summed E-state index contributed by atoms with van der Waals surface area (Å²) in [5, 5.41) is -0.434. The van der Waals surface area contributed by atoms with Crippen molar-refractivity contribution in [1.29, 1.82) is 0 Å². The normalized spacial score (nSPS) is 22.2. The summed E-state index contributed by atoms with van der Waals surface area (Å²) in [6, 6.07) is 4.45. The summed E-state index contributed by atoms with van der Waals surface area (Å²) in [4.78, 5) is 14.3. The number of likely N-dealkylation sites (tertiary alicyclic amines) is 1. The van der Waals surface area contributed by atoms with Crippen molar-refractivity contribution < 1.29 is 26.4 Å². The van der Waals surface area contributed by atoms with Crippen molar-refractivity contribution in [2.24, 2.45) is 0 Å². The third-order valence-corrected chi connectivity index (χ3v) is 7.72. The maximum Gasteiger partial charge on any atom is 0.416 e. The third-order valence-electron chi connectivity index (χ3n) is 5.58. The second-order valence-electron chi connectivity index (χ2n) is 7.43. The Morgan fingerprint density at radius 3 is 2.19 bits per heavy atom. The van der Waals surface area contributed by atoms with E-state index in [1.807, 2.05) is 0 Å². The van der Waals surface area contributed by atoms with Crippen LogP contribution in [-0.2, 0) is 20.8 Å². The fourth-order valence-electron chi connectivity index (χ4n) is 4.09. The lowest BCUT2D eigenvalue weighted by Crippen LogP contribution is -2.42. The van der Waals surface area contributed by atoms with E-state index in [0.717, 1.165) is 37.8 Å². The number of benzene rings is 1. The van der Waals surface area contributed by atoms with E-state index in [4.69, 9.17) is 0 Å². The monoisotopic (exact) mass is 403 g/mol. The van der Waals surface area contributed by atoms with Crippen LogP contribution in [0, 0.1) is 0 Å². The first-order chi connectivity index (χ1) is 12.7. The largest absolute Gasteiger partial charge is 0.416 e. The van der Waals surface area contributed by atoms with Crippen molar-refractivity contribution in [2.75, 3.05) is 12.3 Å². The van der Waals surface area contributed by atoms with Gasteiger partial charge in [0.25, 0.3) is 0 Å². The van der Waals surface area contributed by atoms with Gasteiger partial charge in [0.1, 0.15) is 5.75 Å². The predicted molar refractivity (Wildman–Crippen MR) is 95.8 cm³/mol. The number of carbonyl (C=O) groups is 1. The standard InChI is InChI=1S/C19H24F3NO3S/c20-19(21,22)15-10-8-14(9-11-15)17-7-3-4-12-23(17)18(24)13-27(25,26)16-5-1-2-6-16/h8-11,16-17H,1-7,12-13H2. The van der Waals surface area contributed by atoms with E-state index in [1.165, 1.54) is 12.1 Å². The van der Waals surface area contributed by atoms with E-state index in [9.17, 15) is 26.4 Å². The Morgan fingerprint density at radius 2 is 1.59 bits per heavy atom. The molecule has 2 aliphatic rings. The van der Waals surface area contributed by atoms with Crippen LogP contribution >= 0.6 is 0 Å². The molecule has 0 radical (unpaired) electrons. The van der Waals surface area contributed by atoms with Gasteiger partial charge in [-0.15, -0.1) is 0 Å². The van der Waals surface area contributed by atoms with Gasteiger partial charge in [0.05, 0.1) is 16.9 Å². The van der Waals surface area contributed by atoms with Crippen LogP contribution < -0.4 is 0 Å². The molecule has 1 aromatic rings. The van der Waals surface area contributed by atoms with E-state index in [2.05, 4.69) is 0 Å². The Bertz CT molecular complexity index is 768. The van der Waals surface area contributed by atoms with Gasteiger partial charge in [-0.25, -0.2) is 8.42 Å². The van der Waals surface area contributed by atoms with Gasteiger partial charge in [-0.3, -0.25) is 4.79 Å². The summed E-state index contributed by atoms with van der Waals surface area (Å²) in [6.45, 7) is 0.435. The highest BCUT2D eigenvalue weighted by Gasteiger charge is 2.36. The second kappa shape index (κ2) is 7.81. The molecule has 0 N–H and O–H groups in total. The molecule has 1 aliphatic heterocycles. The van der Waals surface area contributed by atoms with Crippen LogP contribution in [0.15, 0.2) is 24.3 Å². The predicted octanol–water partition coefficient (Wildman–Crippen LogP) is 4.12. The van der Waals surface area contributed by atoms with Crippen LogP contribution in [0.5, 0.6) is 0 Å². The number of sulfone groups is 1. The van der Waals surface area contributed by atoms with Crippen LogP contribution in [0.4, 0.5) is 13.2 Å². The minimum atomic E-state index is -4.41. The van der Waals surface area contributed by atoms with Gasteiger partial charge in [0.15, 0.2) is 9.84 Å². The first kappa shape index (κ1) is 20.2. The van der Waals surface area contributed by atoms with Crippen molar-refractivity contribution >= 4 is 15.7 Å². The number of alkyl halides is 3. The van der Waals surface area contributed by atoms with Crippen molar-refractivity contribution in [3.05, 3.63) is 35.4 Å². The van der Waals surface area contributed by atoms with Crippen LogP contribution in [0.1, 0.15) is 62.1 Å². The maximum atomic E-state index is 12.8. The zero-order chi connectivity index (χ0) is 19.7. The molecule has 0 spiro atoms. The molecular formula is C19H24F3NO3S. The van der Waals surface area contributed by atoms with Crippen molar-refractivity contribution in [3.63, 3.8) is 0 Å². The molecule has 1 aromatic carbocycles. The number of rotatable bonds is 4. The molecule has 1 heterocycles. The maximum absolute atomic E-state index is 12.8. The highest BCUT2D eigenvalue weighted by Crippen LogP contribution is 2.35. The lowest BCUT2D eigenvalue weighted by molar-refractivity contribution is -0.137. The Labute approximate surface area is 157 Å². The van der Waals surface area contributed by atoms with Crippen LogP contribution in [0.3, 0.4) is 0 Å². The molecule has 1 amide bonds. The molecule has 27 heavy (non-hydrogen) atoms. The average Bonchev–Trinajstić information content (AvgIpc) is 3.16. The van der Waals surface area contributed by atoms with Gasteiger partial charge in [-0.05, 0) is 49.8 Å². The Hall–Kier alpha value is -1.57. The molecule has 1 unspecified atom stereocenters.